The molecule has 1 aromatic carbocycles. The molecule has 0 saturated carbocycles. The van der Waals surface area contributed by atoms with Crippen molar-refractivity contribution in [3.05, 3.63) is 29.8 Å². The first-order valence-corrected chi connectivity index (χ1v) is 8.45. The lowest BCUT2D eigenvalue weighted by Gasteiger charge is -2.34. The molecule has 3 rings (SSSR count). The number of aromatic nitrogens is 2. The molecule has 0 radical (unpaired) electrons. The highest BCUT2D eigenvalue weighted by Crippen LogP contribution is 2.21. The fourth-order valence-electron chi connectivity index (χ4n) is 2.57. The molecule has 2 heterocycles. The van der Waals surface area contributed by atoms with Crippen LogP contribution >= 0.6 is 0 Å². The Balaban J connectivity index is 1.60. The topological polar surface area (TPSA) is 71.7 Å². The minimum atomic E-state index is -0.482. The summed E-state index contributed by atoms with van der Waals surface area (Å²) in [5.41, 5.74) is 1.63. The monoisotopic (exact) mass is 344 g/mol. The predicted molar refractivity (Wildman–Crippen MR) is 94.5 cm³/mol. The van der Waals surface area contributed by atoms with Crippen LogP contribution in [-0.4, -0.2) is 52.9 Å². The second-order valence-electron chi connectivity index (χ2n) is 7.22. The number of piperazine rings is 1. The van der Waals surface area contributed by atoms with Crippen LogP contribution in [0.5, 0.6) is 0 Å². The Kier molecular flexibility index (Phi) is 4.65. The number of benzene rings is 1. The van der Waals surface area contributed by atoms with E-state index in [-0.39, 0.29) is 6.09 Å². The number of nitrogens with zero attached hydrogens (tertiary/aromatic N) is 4. The maximum Gasteiger partial charge on any atom is 0.410 e. The van der Waals surface area contributed by atoms with Gasteiger partial charge in [0.2, 0.25) is 5.82 Å². The Morgan fingerprint density at radius 2 is 1.76 bits per heavy atom. The molecule has 1 fully saturated rings. The van der Waals surface area contributed by atoms with Crippen LogP contribution in [0.3, 0.4) is 0 Å². The summed E-state index contributed by atoms with van der Waals surface area (Å²) in [4.78, 5) is 20.3. The molecule has 7 heteroatoms. The molecule has 1 aliphatic heterocycles. The van der Waals surface area contributed by atoms with E-state index in [2.05, 4.69) is 10.1 Å². The molecule has 134 valence electrons. The van der Waals surface area contributed by atoms with Crippen LogP contribution in [0.25, 0.3) is 11.4 Å². The van der Waals surface area contributed by atoms with E-state index in [1.165, 1.54) is 5.56 Å². The fourth-order valence-corrected chi connectivity index (χ4v) is 2.57. The largest absolute Gasteiger partial charge is 0.444 e. The second kappa shape index (κ2) is 6.74. The lowest BCUT2D eigenvalue weighted by atomic mass is 10.1. The number of carbonyl (C=O) groups is 1. The zero-order valence-corrected chi connectivity index (χ0v) is 15.2. The Hall–Kier alpha value is -2.57. The third-order valence-electron chi connectivity index (χ3n) is 3.93. The first kappa shape index (κ1) is 17.3. The van der Waals surface area contributed by atoms with Crippen molar-refractivity contribution < 1.29 is 14.1 Å². The van der Waals surface area contributed by atoms with E-state index >= 15 is 0 Å². The van der Waals surface area contributed by atoms with Crippen molar-refractivity contribution in [3.8, 4) is 11.4 Å². The van der Waals surface area contributed by atoms with Crippen LogP contribution in [0.2, 0.25) is 0 Å². The van der Waals surface area contributed by atoms with Crippen LogP contribution in [0, 0.1) is 6.92 Å². The molecule has 1 saturated heterocycles. The number of hydrogen-bond acceptors (Lipinski definition) is 6. The van der Waals surface area contributed by atoms with Crippen molar-refractivity contribution in [1.29, 1.82) is 0 Å². The molecule has 0 N–H and O–H groups in total. The number of hydrogen-bond donors (Lipinski definition) is 0. The van der Waals surface area contributed by atoms with Gasteiger partial charge < -0.3 is 19.1 Å². The third kappa shape index (κ3) is 4.29. The van der Waals surface area contributed by atoms with Gasteiger partial charge in [-0.25, -0.2) is 4.79 Å². The summed E-state index contributed by atoms with van der Waals surface area (Å²) < 4.78 is 10.8. The van der Waals surface area contributed by atoms with E-state index in [0.29, 0.717) is 38.0 Å². The molecular weight excluding hydrogens is 320 g/mol. The van der Waals surface area contributed by atoms with Crippen LogP contribution < -0.4 is 4.90 Å². The van der Waals surface area contributed by atoms with Gasteiger partial charge in [-0.15, -0.1) is 0 Å². The van der Waals surface area contributed by atoms with Crippen molar-refractivity contribution in [3.63, 3.8) is 0 Å². The van der Waals surface area contributed by atoms with Crippen LogP contribution in [0.4, 0.5) is 10.8 Å². The van der Waals surface area contributed by atoms with Crippen molar-refractivity contribution in [1.82, 2.24) is 15.0 Å². The van der Waals surface area contributed by atoms with E-state index in [1.54, 1.807) is 4.90 Å². The van der Waals surface area contributed by atoms with E-state index in [1.807, 2.05) is 56.9 Å². The van der Waals surface area contributed by atoms with Gasteiger partial charge in [0, 0.05) is 31.7 Å². The van der Waals surface area contributed by atoms with Gasteiger partial charge in [0.25, 0.3) is 0 Å². The Labute approximate surface area is 147 Å². The smallest absolute Gasteiger partial charge is 0.410 e. The second-order valence-corrected chi connectivity index (χ2v) is 7.22. The van der Waals surface area contributed by atoms with E-state index in [0.717, 1.165) is 5.56 Å². The number of anilines is 1. The van der Waals surface area contributed by atoms with Gasteiger partial charge in [-0.05, 0) is 27.7 Å². The van der Waals surface area contributed by atoms with E-state index in [4.69, 9.17) is 9.26 Å². The molecule has 1 aromatic heterocycles. The minimum Gasteiger partial charge on any atom is -0.444 e. The van der Waals surface area contributed by atoms with Crippen molar-refractivity contribution in [2.45, 2.75) is 33.3 Å². The fraction of sp³-hybridized carbons (Fsp3) is 0.500. The SMILES string of the molecule is Cc1ccc(-c2noc(N3CCN(C(=O)OC(C)(C)C)CC3)n2)cc1. The highest BCUT2D eigenvalue weighted by Gasteiger charge is 2.27. The molecule has 7 nitrogen and oxygen atoms in total. The summed E-state index contributed by atoms with van der Waals surface area (Å²) in [6.45, 7) is 10.0. The predicted octanol–water partition coefficient (Wildman–Crippen LogP) is 3.10. The minimum absolute atomic E-state index is 0.280. The average molecular weight is 344 g/mol. The van der Waals surface area contributed by atoms with Gasteiger partial charge >= 0.3 is 12.1 Å². The number of carbonyl (C=O) groups excluding carboxylic acids is 1. The van der Waals surface area contributed by atoms with Gasteiger partial charge in [-0.2, -0.15) is 4.98 Å². The first-order valence-electron chi connectivity index (χ1n) is 8.45. The van der Waals surface area contributed by atoms with Crippen LogP contribution in [0.15, 0.2) is 28.8 Å². The Bertz CT molecular complexity index is 726. The van der Waals surface area contributed by atoms with Crippen molar-refractivity contribution in [2.75, 3.05) is 31.1 Å². The summed E-state index contributed by atoms with van der Waals surface area (Å²) >= 11 is 0. The summed E-state index contributed by atoms with van der Waals surface area (Å²) in [6.07, 6.45) is -0.280. The molecule has 0 aliphatic carbocycles. The highest BCUT2D eigenvalue weighted by molar-refractivity contribution is 5.68. The molecule has 2 aromatic rings. The Morgan fingerprint density at radius 1 is 1.12 bits per heavy atom. The van der Waals surface area contributed by atoms with Gasteiger partial charge in [0.05, 0.1) is 0 Å². The lowest BCUT2D eigenvalue weighted by Crippen LogP contribution is -2.50. The van der Waals surface area contributed by atoms with Gasteiger partial charge in [0.15, 0.2) is 0 Å². The molecule has 0 bridgehead atoms. The molecule has 0 unspecified atom stereocenters. The summed E-state index contributed by atoms with van der Waals surface area (Å²) in [5, 5.41) is 4.06. The van der Waals surface area contributed by atoms with Crippen LogP contribution in [-0.2, 0) is 4.74 Å². The number of rotatable bonds is 2. The summed E-state index contributed by atoms with van der Waals surface area (Å²) in [5.74, 6) is 0.574. The first-order chi connectivity index (χ1) is 11.8. The normalized spacial score (nSPS) is 15.4. The van der Waals surface area contributed by atoms with Gasteiger partial charge in [-0.1, -0.05) is 35.0 Å². The molecule has 1 amide bonds. The third-order valence-corrected chi connectivity index (χ3v) is 3.93. The average Bonchev–Trinajstić information content (AvgIpc) is 3.04. The van der Waals surface area contributed by atoms with Crippen molar-refractivity contribution in [2.24, 2.45) is 0 Å². The number of aryl methyl sites for hydroxylation is 1. The van der Waals surface area contributed by atoms with Crippen LogP contribution in [0.1, 0.15) is 26.3 Å². The highest BCUT2D eigenvalue weighted by atomic mass is 16.6. The molecular formula is C18H24N4O3. The quantitative estimate of drug-likeness (QED) is 0.833. The van der Waals surface area contributed by atoms with Gasteiger partial charge in [0.1, 0.15) is 5.60 Å². The van der Waals surface area contributed by atoms with Gasteiger partial charge in [-0.3, -0.25) is 0 Å². The molecule has 0 spiro atoms. The summed E-state index contributed by atoms with van der Waals surface area (Å²) in [6, 6.07) is 8.48. The standard InChI is InChI=1S/C18H24N4O3/c1-13-5-7-14(8-6-13)15-19-16(25-20-15)21-9-11-22(12-10-21)17(23)24-18(2,3)4/h5-8H,9-12H2,1-4H3. The number of amides is 1. The van der Waals surface area contributed by atoms with E-state index < -0.39 is 5.60 Å². The zero-order valence-electron chi connectivity index (χ0n) is 15.2. The summed E-state index contributed by atoms with van der Waals surface area (Å²) in [7, 11) is 0. The maximum absolute atomic E-state index is 12.1. The van der Waals surface area contributed by atoms with E-state index in [9.17, 15) is 4.79 Å². The van der Waals surface area contributed by atoms with Crippen molar-refractivity contribution >= 4 is 12.1 Å². The lowest BCUT2D eigenvalue weighted by molar-refractivity contribution is 0.0238. The molecule has 25 heavy (non-hydrogen) atoms. The Morgan fingerprint density at radius 3 is 2.36 bits per heavy atom. The maximum atomic E-state index is 12.1. The number of ether oxygens (including phenoxy) is 1. The zero-order chi connectivity index (χ0) is 18.0. The molecule has 0 atom stereocenters. The molecule has 1 aliphatic rings.